The molecule has 20 nitrogen and oxygen atoms in total. The molecule has 388 valence electrons. The van der Waals surface area contributed by atoms with Crippen molar-refractivity contribution in [3.8, 4) is 112 Å². The van der Waals surface area contributed by atoms with Crippen molar-refractivity contribution in [2.45, 2.75) is 5.41 Å². The first kappa shape index (κ1) is 47.6. The Labute approximate surface area is 461 Å². The molecule has 16 N–H and O–H groups in total. The molecule has 14 rings (SSSR count). The van der Waals surface area contributed by atoms with Crippen LogP contribution in [0.1, 0.15) is 22.3 Å². The van der Waals surface area contributed by atoms with Gasteiger partial charge in [0.05, 0.1) is 5.41 Å². The summed E-state index contributed by atoms with van der Waals surface area (Å²) in [5.41, 5.74) is 66.8. The topological polar surface area (TPSA) is 363 Å². The van der Waals surface area contributed by atoms with Crippen molar-refractivity contribution < 1.29 is 0 Å². The Kier molecular flexibility index (Phi) is 10.7. The number of aromatic nitrogens is 12. The third-order valence-corrected chi connectivity index (χ3v) is 14.9. The molecule has 2 aliphatic rings. The number of hydrogen-bond donors (Lipinski definition) is 8. The first-order chi connectivity index (χ1) is 39.3. The smallest absolute Gasteiger partial charge is 0.225 e. The summed E-state index contributed by atoms with van der Waals surface area (Å²) < 4.78 is 0. The Hall–Kier alpha value is -11.8. The van der Waals surface area contributed by atoms with Crippen LogP contribution in [0, 0.1) is 0 Å². The highest BCUT2D eigenvalue weighted by molar-refractivity contribution is 5.99. The van der Waals surface area contributed by atoms with E-state index >= 15 is 0 Å². The van der Waals surface area contributed by atoms with E-state index in [0.29, 0.717) is 23.3 Å². The Morgan fingerprint density at radius 2 is 0.346 bits per heavy atom. The van der Waals surface area contributed by atoms with Crippen molar-refractivity contribution in [3.63, 3.8) is 0 Å². The van der Waals surface area contributed by atoms with E-state index in [1.807, 2.05) is 48.5 Å². The minimum absolute atomic E-state index is 0.0463. The molecule has 0 atom stereocenters. The highest BCUT2D eigenvalue weighted by Crippen LogP contribution is 2.64. The predicted octanol–water partition coefficient (Wildman–Crippen LogP) is 8.76. The van der Waals surface area contributed by atoms with Crippen LogP contribution >= 0.6 is 0 Å². The van der Waals surface area contributed by atoms with Gasteiger partial charge in [0, 0.05) is 22.3 Å². The second-order valence-corrected chi connectivity index (χ2v) is 19.6. The summed E-state index contributed by atoms with van der Waals surface area (Å²) in [6.07, 6.45) is 0. The van der Waals surface area contributed by atoms with Crippen LogP contribution < -0.4 is 45.9 Å². The number of nitrogens with zero attached hydrogens (tertiary/aromatic N) is 12. The lowest BCUT2D eigenvalue weighted by Gasteiger charge is -2.32. The summed E-state index contributed by atoms with van der Waals surface area (Å²) in [7, 11) is 0. The van der Waals surface area contributed by atoms with E-state index in [2.05, 4.69) is 181 Å². The van der Waals surface area contributed by atoms with Crippen LogP contribution in [-0.2, 0) is 5.41 Å². The van der Waals surface area contributed by atoms with Crippen molar-refractivity contribution in [1.29, 1.82) is 0 Å². The van der Waals surface area contributed by atoms with E-state index in [-0.39, 0.29) is 47.6 Å². The molecule has 0 saturated heterocycles. The zero-order valence-electron chi connectivity index (χ0n) is 42.7. The van der Waals surface area contributed by atoms with Gasteiger partial charge in [-0.3, -0.25) is 0 Å². The number of benzene rings is 8. The fourth-order valence-electron chi connectivity index (χ4n) is 11.3. The van der Waals surface area contributed by atoms with Gasteiger partial charge in [0.15, 0.2) is 23.3 Å². The maximum absolute atomic E-state index is 5.98. The predicted molar refractivity (Wildman–Crippen MR) is 315 cm³/mol. The van der Waals surface area contributed by atoms with Gasteiger partial charge in [-0.15, -0.1) is 0 Å². The molecular weight excluding hydrogens is 1010 g/mol. The first-order valence-electron chi connectivity index (χ1n) is 25.4. The van der Waals surface area contributed by atoms with Crippen LogP contribution in [0.5, 0.6) is 0 Å². The summed E-state index contributed by atoms with van der Waals surface area (Å²) in [5.74, 6) is 1.91. The molecule has 0 radical (unpaired) electrons. The van der Waals surface area contributed by atoms with Gasteiger partial charge in [-0.2, -0.15) is 59.8 Å². The van der Waals surface area contributed by atoms with E-state index in [9.17, 15) is 0 Å². The molecular formula is C61H44N20. The average molecular weight is 1060 g/mol. The molecule has 1 spiro atoms. The normalized spacial score (nSPS) is 12.4. The summed E-state index contributed by atoms with van der Waals surface area (Å²) in [6, 6.07) is 59.2. The highest BCUT2D eigenvalue weighted by atomic mass is 15.2. The molecule has 81 heavy (non-hydrogen) atoms. The van der Waals surface area contributed by atoms with Gasteiger partial charge >= 0.3 is 0 Å². The Bertz CT molecular complexity index is 3890. The molecule has 4 heterocycles. The molecule has 12 aromatic rings. The molecule has 2 aliphatic carbocycles. The van der Waals surface area contributed by atoms with Gasteiger partial charge in [0.1, 0.15) is 0 Å². The van der Waals surface area contributed by atoms with Gasteiger partial charge < -0.3 is 45.9 Å². The summed E-state index contributed by atoms with van der Waals surface area (Å²) in [5, 5.41) is 0. The fraction of sp³-hybridized carbons (Fsp3) is 0.0164. The van der Waals surface area contributed by atoms with Gasteiger partial charge in [-0.25, -0.2) is 0 Å². The first-order valence-corrected chi connectivity index (χ1v) is 25.4. The second-order valence-electron chi connectivity index (χ2n) is 19.6. The Balaban J connectivity index is 0.977. The highest BCUT2D eigenvalue weighted by Gasteiger charge is 2.52. The maximum Gasteiger partial charge on any atom is 0.225 e. The molecule has 8 aromatic carbocycles. The molecule has 20 heteroatoms. The number of fused-ring (bicyclic) bond motifs is 10. The van der Waals surface area contributed by atoms with Gasteiger partial charge in [0.2, 0.25) is 47.6 Å². The van der Waals surface area contributed by atoms with Gasteiger partial charge in [0.25, 0.3) is 0 Å². The molecule has 4 aromatic heterocycles. The van der Waals surface area contributed by atoms with Gasteiger partial charge in [-0.1, -0.05) is 146 Å². The lowest BCUT2D eigenvalue weighted by molar-refractivity contribution is 0.795. The third-order valence-electron chi connectivity index (χ3n) is 14.9. The number of nitrogen functional groups attached to an aromatic ring is 8. The molecule has 0 saturated carbocycles. The third kappa shape index (κ3) is 8.09. The van der Waals surface area contributed by atoms with Crippen LogP contribution in [0.25, 0.3) is 112 Å². The van der Waals surface area contributed by atoms with Crippen LogP contribution in [-0.4, -0.2) is 59.8 Å². The summed E-state index contributed by atoms with van der Waals surface area (Å²) >= 11 is 0. The maximum atomic E-state index is 5.98. The van der Waals surface area contributed by atoms with Crippen molar-refractivity contribution >= 4 is 47.6 Å². The van der Waals surface area contributed by atoms with Crippen LogP contribution in [0.15, 0.2) is 170 Å². The zero-order valence-corrected chi connectivity index (χ0v) is 42.7. The SMILES string of the molecule is Nc1nc(N)nc(-c2ccc(-c3ccc4c(c3)C3(c5cc(-c6ccc(-c7nc(N)nc(N)n7)cc6)ccc5-4)c4cc(-c5ccc(-c6nc(N)nc(N)n6)cc5)ccc4-c4ccc(-c5ccc(-c6nc(N)nc(N)n6)cc5)cc43)cc2)n1. The molecule has 0 amide bonds. The second kappa shape index (κ2) is 18.2. The fourth-order valence-corrected chi connectivity index (χ4v) is 11.3. The standard InChI is InChI=1S/C61H44N20/c62-53-70-49(71-54(63)78-53)33-9-1-29(2-10-33)37-17-21-41-42-22-18-38(30-3-11-34(12-4-30)50-72-55(64)79-56(65)73-50)26-46(42)61(45(41)25-37)47-27-39(31-5-13-35(14-6-31)51-74-57(66)80-58(67)75-51)19-23-43(47)44-24-20-40(28-48(44)61)32-7-15-36(16-8-32)52-76-59(68)81-60(69)77-52/h1-28H,(H4,62,63,70,71,78)(H4,64,65,72,73,79)(H4,66,67,74,75,80)(H4,68,69,76,77,81). The number of hydrogen-bond acceptors (Lipinski definition) is 20. The van der Waals surface area contributed by atoms with Crippen molar-refractivity contribution in [1.82, 2.24) is 59.8 Å². The van der Waals surface area contributed by atoms with E-state index in [0.717, 1.165) is 111 Å². The van der Waals surface area contributed by atoms with Crippen molar-refractivity contribution in [2.24, 2.45) is 0 Å². The minimum atomic E-state index is -0.868. The average Bonchev–Trinajstić information content (AvgIpc) is 2.52. The van der Waals surface area contributed by atoms with Crippen molar-refractivity contribution in [2.75, 3.05) is 45.9 Å². The van der Waals surface area contributed by atoms with Gasteiger partial charge in [-0.05, 0) is 113 Å². The van der Waals surface area contributed by atoms with Crippen LogP contribution in [0.4, 0.5) is 47.6 Å². The quantitative estimate of drug-likeness (QED) is 0.0704. The molecule has 0 aliphatic heterocycles. The molecule has 0 fully saturated rings. The monoisotopic (exact) mass is 1060 g/mol. The lowest BCUT2D eigenvalue weighted by Crippen LogP contribution is -2.26. The van der Waals surface area contributed by atoms with Crippen molar-refractivity contribution in [3.05, 3.63) is 192 Å². The summed E-state index contributed by atoms with van der Waals surface area (Å²) in [6.45, 7) is 0. The number of anilines is 8. The molecule has 0 bridgehead atoms. The van der Waals surface area contributed by atoms with Crippen LogP contribution in [0.3, 0.4) is 0 Å². The Morgan fingerprint density at radius 1 is 0.185 bits per heavy atom. The number of rotatable bonds is 8. The van der Waals surface area contributed by atoms with E-state index in [4.69, 9.17) is 45.9 Å². The van der Waals surface area contributed by atoms with Crippen LogP contribution in [0.2, 0.25) is 0 Å². The zero-order chi connectivity index (χ0) is 55.3. The van der Waals surface area contributed by atoms with E-state index in [1.165, 1.54) is 0 Å². The number of nitrogens with two attached hydrogens (primary N) is 8. The minimum Gasteiger partial charge on any atom is -0.368 e. The lowest BCUT2D eigenvalue weighted by atomic mass is 9.69. The molecule has 0 unspecified atom stereocenters. The largest absolute Gasteiger partial charge is 0.368 e. The Morgan fingerprint density at radius 3 is 0.531 bits per heavy atom. The summed E-state index contributed by atoms with van der Waals surface area (Å²) in [4.78, 5) is 50.7. The van der Waals surface area contributed by atoms with E-state index < -0.39 is 5.41 Å². The van der Waals surface area contributed by atoms with E-state index in [1.54, 1.807) is 0 Å².